The Morgan fingerprint density at radius 2 is 1.64 bits per heavy atom. The predicted molar refractivity (Wildman–Crippen MR) is 92.3 cm³/mol. The molecule has 2 rings (SSSR count). The standard InChI is InChI=1S/C17H14BrNO6/c1-2-24-16(20)12-5-3-11(4-6-12)10-25-17(21)13-7-8-14(18)15(9-13)19(22)23/h3-9H,2,10H2,1H3. The van der Waals surface area contributed by atoms with Crippen LogP contribution in [0.3, 0.4) is 0 Å². The highest BCUT2D eigenvalue weighted by Crippen LogP contribution is 2.26. The van der Waals surface area contributed by atoms with E-state index in [-0.39, 0.29) is 28.9 Å². The van der Waals surface area contributed by atoms with Gasteiger partial charge in [-0.2, -0.15) is 0 Å². The SMILES string of the molecule is CCOC(=O)c1ccc(COC(=O)c2ccc(Br)c([N+](=O)[O-])c2)cc1. The predicted octanol–water partition coefficient (Wildman–Crippen LogP) is 3.89. The smallest absolute Gasteiger partial charge is 0.338 e. The largest absolute Gasteiger partial charge is 0.462 e. The molecule has 0 bridgehead atoms. The van der Waals surface area contributed by atoms with E-state index in [1.807, 2.05) is 0 Å². The van der Waals surface area contributed by atoms with Gasteiger partial charge in [0.15, 0.2) is 0 Å². The minimum absolute atomic E-state index is 0.0220. The minimum atomic E-state index is -0.676. The number of nitro groups is 1. The maximum Gasteiger partial charge on any atom is 0.338 e. The lowest BCUT2D eigenvalue weighted by molar-refractivity contribution is -0.385. The molecule has 0 aliphatic heterocycles. The van der Waals surface area contributed by atoms with Gasteiger partial charge in [0.05, 0.1) is 27.1 Å². The lowest BCUT2D eigenvalue weighted by Gasteiger charge is -2.07. The summed E-state index contributed by atoms with van der Waals surface area (Å²) in [5, 5.41) is 10.9. The molecule has 2 aromatic carbocycles. The molecule has 25 heavy (non-hydrogen) atoms. The molecular weight excluding hydrogens is 394 g/mol. The molecule has 0 saturated carbocycles. The van der Waals surface area contributed by atoms with E-state index in [1.54, 1.807) is 31.2 Å². The zero-order valence-corrected chi connectivity index (χ0v) is 14.8. The Morgan fingerprint density at radius 3 is 2.24 bits per heavy atom. The van der Waals surface area contributed by atoms with Crippen LogP contribution in [-0.4, -0.2) is 23.5 Å². The first-order valence-electron chi connectivity index (χ1n) is 7.29. The number of nitrogens with zero attached hydrogens (tertiary/aromatic N) is 1. The van der Waals surface area contributed by atoms with Crippen molar-refractivity contribution < 1.29 is 24.0 Å². The highest BCUT2D eigenvalue weighted by Gasteiger charge is 2.17. The van der Waals surface area contributed by atoms with E-state index in [0.29, 0.717) is 11.1 Å². The molecule has 0 spiro atoms. The molecule has 0 unspecified atom stereocenters. The van der Waals surface area contributed by atoms with Gasteiger partial charge in [-0.1, -0.05) is 12.1 Å². The number of benzene rings is 2. The quantitative estimate of drug-likeness (QED) is 0.409. The number of hydrogen-bond donors (Lipinski definition) is 0. The Bertz CT molecular complexity index is 803. The first kappa shape index (κ1) is 18.6. The molecule has 0 aromatic heterocycles. The molecule has 7 nitrogen and oxygen atoms in total. The summed E-state index contributed by atoms with van der Waals surface area (Å²) in [5.41, 5.74) is 0.944. The average molecular weight is 408 g/mol. The van der Waals surface area contributed by atoms with Gasteiger partial charge < -0.3 is 9.47 Å². The van der Waals surface area contributed by atoms with Gasteiger partial charge in [-0.25, -0.2) is 9.59 Å². The summed E-state index contributed by atoms with van der Waals surface area (Å²) < 4.78 is 10.3. The topological polar surface area (TPSA) is 95.7 Å². The summed E-state index contributed by atoms with van der Waals surface area (Å²) in [6, 6.07) is 10.4. The van der Waals surface area contributed by atoms with Gasteiger partial charge >= 0.3 is 11.9 Å². The van der Waals surface area contributed by atoms with Crippen molar-refractivity contribution in [3.63, 3.8) is 0 Å². The molecule has 8 heteroatoms. The van der Waals surface area contributed by atoms with Crippen molar-refractivity contribution >= 4 is 33.6 Å². The van der Waals surface area contributed by atoms with Crippen LogP contribution < -0.4 is 0 Å². The Labute approximate surface area is 151 Å². The normalized spacial score (nSPS) is 10.2. The van der Waals surface area contributed by atoms with Crippen molar-refractivity contribution in [3.8, 4) is 0 Å². The molecule has 0 N–H and O–H groups in total. The van der Waals surface area contributed by atoms with Gasteiger partial charge in [0.1, 0.15) is 6.61 Å². The van der Waals surface area contributed by atoms with Gasteiger partial charge in [0.2, 0.25) is 0 Å². The molecule has 0 aliphatic carbocycles. The van der Waals surface area contributed by atoms with Crippen molar-refractivity contribution in [2.24, 2.45) is 0 Å². The molecule has 0 saturated heterocycles. The van der Waals surface area contributed by atoms with Crippen molar-refractivity contribution in [1.82, 2.24) is 0 Å². The molecule has 0 amide bonds. The van der Waals surface area contributed by atoms with Crippen LogP contribution in [0.4, 0.5) is 5.69 Å². The van der Waals surface area contributed by atoms with Crippen molar-refractivity contribution in [1.29, 1.82) is 0 Å². The fourth-order valence-electron chi connectivity index (χ4n) is 1.96. The summed E-state index contributed by atoms with van der Waals surface area (Å²) >= 11 is 3.05. The van der Waals surface area contributed by atoms with Crippen molar-refractivity contribution in [3.05, 3.63) is 73.7 Å². The number of rotatable bonds is 6. The van der Waals surface area contributed by atoms with Crippen LogP contribution in [0.15, 0.2) is 46.9 Å². The van der Waals surface area contributed by atoms with E-state index in [1.165, 1.54) is 12.1 Å². The van der Waals surface area contributed by atoms with E-state index in [2.05, 4.69) is 15.9 Å². The Kier molecular flexibility index (Phi) is 6.24. The third-order valence-electron chi connectivity index (χ3n) is 3.21. The van der Waals surface area contributed by atoms with Crippen LogP contribution in [-0.2, 0) is 16.1 Å². The third kappa shape index (κ3) is 4.87. The average Bonchev–Trinajstić information content (AvgIpc) is 2.60. The van der Waals surface area contributed by atoms with Crippen molar-refractivity contribution in [2.45, 2.75) is 13.5 Å². The molecule has 2 aromatic rings. The maximum atomic E-state index is 12.0. The number of esters is 2. The Hall–Kier alpha value is -2.74. The van der Waals surface area contributed by atoms with E-state index < -0.39 is 16.9 Å². The van der Waals surface area contributed by atoms with Gasteiger partial charge in [-0.15, -0.1) is 0 Å². The first-order valence-corrected chi connectivity index (χ1v) is 8.08. The van der Waals surface area contributed by atoms with Gasteiger partial charge in [0.25, 0.3) is 5.69 Å². The van der Waals surface area contributed by atoms with E-state index in [4.69, 9.17) is 9.47 Å². The molecule has 0 heterocycles. The lowest BCUT2D eigenvalue weighted by Crippen LogP contribution is -2.07. The number of ether oxygens (including phenoxy) is 2. The fraction of sp³-hybridized carbons (Fsp3) is 0.176. The van der Waals surface area contributed by atoms with Crippen molar-refractivity contribution in [2.75, 3.05) is 6.61 Å². The Balaban J connectivity index is 2.01. The van der Waals surface area contributed by atoms with Crippen LogP contribution >= 0.6 is 15.9 Å². The Morgan fingerprint density at radius 1 is 1.04 bits per heavy atom. The molecule has 130 valence electrons. The molecular formula is C17H14BrNO6. The first-order chi connectivity index (χ1) is 11.9. The number of carbonyl (C=O) groups excluding carboxylic acids is 2. The molecule has 0 atom stereocenters. The number of nitro benzene ring substituents is 1. The fourth-order valence-corrected chi connectivity index (χ4v) is 2.35. The van der Waals surface area contributed by atoms with E-state index in [0.717, 1.165) is 6.07 Å². The summed E-state index contributed by atoms with van der Waals surface area (Å²) in [4.78, 5) is 33.9. The monoisotopic (exact) mass is 407 g/mol. The summed E-state index contributed by atoms with van der Waals surface area (Å²) in [7, 11) is 0. The zero-order valence-electron chi connectivity index (χ0n) is 13.2. The second-order valence-corrected chi connectivity index (χ2v) is 5.77. The van der Waals surface area contributed by atoms with E-state index in [9.17, 15) is 19.7 Å². The van der Waals surface area contributed by atoms with Crippen LogP contribution in [0.1, 0.15) is 33.2 Å². The number of halogens is 1. The number of hydrogen-bond acceptors (Lipinski definition) is 6. The summed E-state index contributed by atoms with van der Waals surface area (Å²) in [6.07, 6.45) is 0. The maximum absolute atomic E-state index is 12.0. The summed E-state index contributed by atoms with van der Waals surface area (Å²) in [5.74, 6) is -1.10. The van der Waals surface area contributed by atoms with Gasteiger partial charge in [0, 0.05) is 6.07 Å². The summed E-state index contributed by atoms with van der Waals surface area (Å²) in [6.45, 7) is 1.99. The van der Waals surface area contributed by atoms with E-state index >= 15 is 0 Å². The highest BCUT2D eigenvalue weighted by atomic mass is 79.9. The van der Waals surface area contributed by atoms with Crippen LogP contribution in [0, 0.1) is 10.1 Å². The second-order valence-electron chi connectivity index (χ2n) is 4.92. The molecule has 0 radical (unpaired) electrons. The minimum Gasteiger partial charge on any atom is -0.462 e. The molecule has 0 fully saturated rings. The number of carbonyl (C=O) groups is 2. The third-order valence-corrected chi connectivity index (χ3v) is 3.88. The zero-order chi connectivity index (χ0) is 18.4. The van der Waals surface area contributed by atoms with Gasteiger partial charge in [-0.3, -0.25) is 10.1 Å². The highest BCUT2D eigenvalue weighted by molar-refractivity contribution is 9.10. The lowest BCUT2D eigenvalue weighted by atomic mass is 10.1. The molecule has 0 aliphatic rings. The van der Waals surface area contributed by atoms with Crippen LogP contribution in [0.25, 0.3) is 0 Å². The van der Waals surface area contributed by atoms with Crippen LogP contribution in [0.2, 0.25) is 0 Å². The van der Waals surface area contributed by atoms with Crippen LogP contribution in [0.5, 0.6) is 0 Å². The second kappa shape index (κ2) is 8.39. The van der Waals surface area contributed by atoms with Gasteiger partial charge in [-0.05, 0) is 52.7 Å².